The number of hydrogen-bond acceptors (Lipinski definition) is 2. The number of furan rings is 2. The highest BCUT2D eigenvalue weighted by molar-refractivity contribution is 6.26. The Bertz CT molecular complexity index is 3080. The van der Waals surface area contributed by atoms with Gasteiger partial charge in [-0.05, 0) is 101 Å². The number of rotatable bonds is 3. The Labute approximate surface area is 287 Å². The monoisotopic (exact) mass is 636 g/mol. The van der Waals surface area contributed by atoms with Crippen molar-refractivity contribution in [2.45, 2.75) is 0 Å². The second kappa shape index (κ2) is 10.4. The normalized spacial score (nSPS) is 12.0. The van der Waals surface area contributed by atoms with Gasteiger partial charge in [-0.15, -0.1) is 0 Å². The summed E-state index contributed by atoms with van der Waals surface area (Å²) in [5, 5.41) is 13.2. The molecule has 2 aromatic heterocycles. The van der Waals surface area contributed by atoms with Crippen molar-refractivity contribution in [2.75, 3.05) is 0 Å². The predicted molar refractivity (Wildman–Crippen MR) is 210 cm³/mol. The molecule has 0 N–H and O–H groups in total. The molecule has 0 atom stereocenters. The summed E-state index contributed by atoms with van der Waals surface area (Å²) >= 11 is 0. The number of benzene rings is 9. The second-order valence-electron chi connectivity index (χ2n) is 13.2. The van der Waals surface area contributed by atoms with Crippen molar-refractivity contribution in [3.05, 3.63) is 170 Å². The maximum Gasteiger partial charge on any atom is 0.136 e. The van der Waals surface area contributed by atoms with E-state index in [0.29, 0.717) is 0 Å². The van der Waals surface area contributed by atoms with Gasteiger partial charge in [0.1, 0.15) is 16.7 Å². The summed E-state index contributed by atoms with van der Waals surface area (Å²) < 4.78 is 12.6. The van der Waals surface area contributed by atoms with E-state index in [-0.39, 0.29) is 0 Å². The van der Waals surface area contributed by atoms with Gasteiger partial charge in [0, 0.05) is 21.7 Å². The molecular formula is C48H28O2. The third-order valence-corrected chi connectivity index (χ3v) is 10.5. The van der Waals surface area contributed by atoms with Crippen LogP contribution in [-0.2, 0) is 0 Å². The van der Waals surface area contributed by atoms with Gasteiger partial charge in [-0.2, -0.15) is 0 Å². The molecule has 0 bridgehead atoms. The third kappa shape index (κ3) is 3.90. The van der Waals surface area contributed by atoms with Crippen molar-refractivity contribution in [1.82, 2.24) is 0 Å². The Kier molecular flexibility index (Phi) is 5.70. The van der Waals surface area contributed by atoms with Crippen molar-refractivity contribution in [3.63, 3.8) is 0 Å². The SMILES string of the molecule is c1ccc(-c2coc3cc4c(cc23)oc2ccc(-c3c5ccccc5c(-c5cc6ccccc6c6ccccc56)c5ccccc35)cc24)cc1. The summed E-state index contributed by atoms with van der Waals surface area (Å²) in [4.78, 5) is 0. The quantitative estimate of drug-likeness (QED) is 0.142. The molecule has 232 valence electrons. The fourth-order valence-electron chi connectivity index (χ4n) is 8.28. The minimum Gasteiger partial charge on any atom is -0.464 e. The molecule has 0 aliphatic heterocycles. The summed E-state index contributed by atoms with van der Waals surface area (Å²) in [6, 6.07) is 59.0. The van der Waals surface area contributed by atoms with Gasteiger partial charge in [-0.3, -0.25) is 0 Å². The molecule has 0 aliphatic rings. The lowest BCUT2D eigenvalue weighted by molar-refractivity contribution is 0.617. The van der Waals surface area contributed by atoms with Gasteiger partial charge in [0.2, 0.25) is 0 Å². The zero-order valence-electron chi connectivity index (χ0n) is 27.0. The molecule has 11 aromatic rings. The summed E-state index contributed by atoms with van der Waals surface area (Å²) in [6.45, 7) is 0. The molecule has 0 saturated heterocycles. The third-order valence-electron chi connectivity index (χ3n) is 10.5. The van der Waals surface area contributed by atoms with Gasteiger partial charge < -0.3 is 8.83 Å². The average Bonchev–Trinajstić information content (AvgIpc) is 3.76. The molecular weight excluding hydrogens is 609 g/mol. The van der Waals surface area contributed by atoms with Crippen molar-refractivity contribution >= 4 is 76.0 Å². The van der Waals surface area contributed by atoms with E-state index < -0.39 is 0 Å². The lowest BCUT2D eigenvalue weighted by Gasteiger charge is -2.19. The van der Waals surface area contributed by atoms with E-state index in [4.69, 9.17) is 8.83 Å². The van der Waals surface area contributed by atoms with Crippen LogP contribution in [0.25, 0.3) is 109 Å². The van der Waals surface area contributed by atoms with Gasteiger partial charge in [0.25, 0.3) is 0 Å². The van der Waals surface area contributed by atoms with E-state index in [1.807, 2.05) is 12.3 Å². The van der Waals surface area contributed by atoms with E-state index in [9.17, 15) is 0 Å². The van der Waals surface area contributed by atoms with Crippen LogP contribution in [0, 0.1) is 0 Å². The molecule has 2 heterocycles. The largest absolute Gasteiger partial charge is 0.464 e. The predicted octanol–water partition coefficient (Wildman–Crippen LogP) is 13.9. The van der Waals surface area contributed by atoms with Crippen molar-refractivity contribution in [2.24, 2.45) is 0 Å². The molecule has 0 spiro atoms. The molecule has 2 nitrogen and oxygen atoms in total. The lowest BCUT2D eigenvalue weighted by Crippen LogP contribution is -1.92. The molecule has 0 saturated carbocycles. The number of hydrogen-bond donors (Lipinski definition) is 0. The molecule has 50 heavy (non-hydrogen) atoms. The van der Waals surface area contributed by atoms with E-state index in [1.165, 1.54) is 59.8 Å². The van der Waals surface area contributed by atoms with Gasteiger partial charge >= 0.3 is 0 Å². The first-order valence-corrected chi connectivity index (χ1v) is 17.1. The van der Waals surface area contributed by atoms with Crippen LogP contribution in [0.3, 0.4) is 0 Å². The van der Waals surface area contributed by atoms with Gasteiger partial charge in [0.05, 0.1) is 6.26 Å². The Balaban J connectivity index is 1.18. The van der Waals surface area contributed by atoms with Crippen LogP contribution < -0.4 is 0 Å². The molecule has 0 amide bonds. The van der Waals surface area contributed by atoms with Crippen LogP contribution >= 0.6 is 0 Å². The lowest BCUT2D eigenvalue weighted by atomic mass is 9.83. The Morgan fingerprint density at radius 1 is 0.300 bits per heavy atom. The molecule has 11 rings (SSSR count). The van der Waals surface area contributed by atoms with E-state index in [0.717, 1.165) is 49.6 Å². The zero-order chi connectivity index (χ0) is 32.8. The summed E-state index contributed by atoms with van der Waals surface area (Å²) in [7, 11) is 0. The fourth-order valence-corrected chi connectivity index (χ4v) is 8.28. The van der Waals surface area contributed by atoms with Gasteiger partial charge in [-0.25, -0.2) is 0 Å². The van der Waals surface area contributed by atoms with E-state index in [2.05, 4.69) is 158 Å². The van der Waals surface area contributed by atoms with Crippen LogP contribution in [-0.4, -0.2) is 0 Å². The Morgan fingerprint density at radius 2 is 0.880 bits per heavy atom. The maximum atomic E-state index is 6.50. The van der Waals surface area contributed by atoms with Crippen LogP contribution in [0.2, 0.25) is 0 Å². The second-order valence-corrected chi connectivity index (χ2v) is 13.2. The van der Waals surface area contributed by atoms with Crippen LogP contribution in [0.15, 0.2) is 179 Å². The van der Waals surface area contributed by atoms with Gasteiger partial charge in [-0.1, -0.05) is 133 Å². The highest BCUT2D eigenvalue weighted by atomic mass is 16.3. The van der Waals surface area contributed by atoms with Crippen LogP contribution in [0.1, 0.15) is 0 Å². The first-order valence-electron chi connectivity index (χ1n) is 17.1. The first-order chi connectivity index (χ1) is 24.8. The Morgan fingerprint density at radius 3 is 1.62 bits per heavy atom. The summed E-state index contributed by atoms with van der Waals surface area (Å²) in [5.74, 6) is 0. The zero-order valence-corrected chi connectivity index (χ0v) is 27.0. The topological polar surface area (TPSA) is 26.3 Å². The molecule has 0 radical (unpaired) electrons. The van der Waals surface area contributed by atoms with Crippen molar-refractivity contribution < 1.29 is 8.83 Å². The Hall–Kier alpha value is -6.64. The highest BCUT2D eigenvalue weighted by Gasteiger charge is 2.20. The summed E-state index contributed by atoms with van der Waals surface area (Å²) in [5.41, 5.74) is 9.69. The molecule has 0 fully saturated rings. The molecule has 0 aliphatic carbocycles. The van der Waals surface area contributed by atoms with Gasteiger partial charge in [0.15, 0.2) is 0 Å². The first kappa shape index (κ1) is 27.3. The number of fused-ring (bicyclic) bond motifs is 9. The standard InChI is InChI=1S/C48H28O2/c1-2-12-29(13-3-1)43-28-49-45-26-40-39-25-31(22-23-44(39)50-46(40)27-41(43)45)47-35-18-8-10-20-37(35)48(38-21-11-9-19-36(38)47)42-24-30-14-4-5-15-32(30)33-16-6-7-17-34(33)42/h1-28H. The average molecular weight is 637 g/mol. The molecule has 9 aromatic carbocycles. The maximum absolute atomic E-state index is 6.50. The molecule has 0 unspecified atom stereocenters. The molecule has 2 heteroatoms. The van der Waals surface area contributed by atoms with E-state index >= 15 is 0 Å². The fraction of sp³-hybridized carbons (Fsp3) is 0. The minimum atomic E-state index is 0.854. The minimum absolute atomic E-state index is 0.854. The van der Waals surface area contributed by atoms with Crippen LogP contribution in [0.5, 0.6) is 0 Å². The smallest absolute Gasteiger partial charge is 0.136 e. The van der Waals surface area contributed by atoms with Crippen molar-refractivity contribution in [3.8, 4) is 33.4 Å². The van der Waals surface area contributed by atoms with E-state index in [1.54, 1.807) is 0 Å². The van der Waals surface area contributed by atoms with Crippen LogP contribution in [0.4, 0.5) is 0 Å². The summed E-state index contributed by atoms with van der Waals surface area (Å²) in [6.07, 6.45) is 1.85. The van der Waals surface area contributed by atoms with Crippen molar-refractivity contribution in [1.29, 1.82) is 0 Å². The highest BCUT2D eigenvalue weighted by Crippen LogP contribution is 2.47.